The Kier molecular flexibility index (Phi) is 7.13. The molecule has 0 amide bonds. The lowest BCUT2D eigenvalue weighted by molar-refractivity contribution is 0.111. The maximum atomic E-state index is 2.44. The van der Waals surface area contributed by atoms with Gasteiger partial charge in [0.05, 0.1) is 33.8 Å². The van der Waals surface area contributed by atoms with Gasteiger partial charge in [0.1, 0.15) is 25.3 Å². The Morgan fingerprint density at radius 1 is 0.488 bits per heavy atom. The summed E-state index contributed by atoms with van der Waals surface area (Å²) in [7, 11) is 9.49. The zero-order valence-electron chi connectivity index (χ0n) is 24.8. The van der Waals surface area contributed by atoms with Crippen LogP contribution in [-0.4, -0.2) is 28.2 Å². The van der Waals surface area contributed by atoms with Crippen molar-refractivity contribution < 1.29 is 0 Å². The smallest absolute Gasteiger partial charge is 0.253 e. The second-order valence-electron chi connectivity index (χ2n) is 12.6. The van der Waals surface area contributed by atoms with E-state index in [9.17, 15) is 0 Å². The maximum Gasteiger partial charge on any atom is 0.253 e. The van der Waals surface area contributed by atoms with Crippen LogP contribution in [0, 0.1) is 0 Å². The van der Waals surface area contributed by atoms with Crippen molar-refractivity contribution >= 4 is 17.1 Å². The fraction of sp³-hybridized carbons (Fsp3) is 0.211. The highest BCUT2D eigenvalue weighted by Crippen LogP contribution is 2.56. The number of hydrogen-bond donors (Lipinski definition) is 0. The van der Waals surface area contributed by atoms with Gasteiger partial charge in [-0.1, -0.05) is 103 Å². The van der Waals surface area contributed by atoms with Gasteiger partial charge in [-0.15, -0.1) is 0 Å². The second kappa shape index (κ2) is 10.8. The van der Waals surface area contributed by atoms with Crippen LogP contribution < -0.4 is 13.4 Å². The first-order valence-electron chi connectivity index (χ1n) is 14.7. The standard InChI is InChI=1S/C38H42N3/c1-39(2,28-31-16-8-5-9-17-31)35-26-24-34(25-27-35)38-40(3,29-32-18-10-6-11-19-32)36-22-14-15-23-37(36)41(38,4)30-33-20-12-7-13-21-33/h5-27,38H,28-30H2,1-4H3/q+3. The van der Waals surface area contributed by atoms with E-state index in [2.05, 4.69) is 168 Å². The third-order valence-electron chi connectivity index (χ3n) is 9.08. The molecule has 6 rings (SSSR count). The van der Waals surface area contributed by atoms with Gasteiger partial charge < -0.3 is 0 Å². The average molecular weight is 541 g/mol. The Hall–Kier alpha value is -4.02. The average Bonchev–Trinajstić information content (AvgIpc) is 3.17. The first kappa shape index (κ1) is 27.2. The summed E-state index contributed by atoms with van der Waals surface area (Å²) < 4.78 is 2.46. The minimum atomic E-state index is 0.201. The van der Waals surface area contributed by atoms with Gasteiger partial charge in [-0.25, -0.2) is 8.97 Å². The maximum absolute atomic E-state index is 2.44. The van der Waals surface area contributed by atoms with Gasteiger partial charge in [-0.3, -0.25) is 4.48 Å². The van der Waals surface area contributed by atoms with Gasteiger partial charge in [-0.05, 0) is 24.3 Å². The second-order valence-corrected chi connectivity index (χ2v) is 12.6. The molecule has 1 aliphatic heterocycles. The first-order valence-corrected chi connectivity index (χ1v) is 14.7. The van der Waals surface area contributed by atoms with Crippen molar-refractivity contribution in [3.05, 3.63) is 162 Å². The molecule has 0 aromatic heterocycles. The Bertz CT molecular complexity index is 1520. The fourth-order valence-corrected chi connectivity index (χ4v) is 7.26. The van der Waals surface area contributed by atoms with E-state index in [1.165, 1.54) is 39.3 Å². The van der Waals surface area contributed by atoms with Crippen molar-refractivity contribution in [1.82, 2.24) is 13.4 Å². The quantitative estimate of drug-likeness (QED) is 0.173. The van der Waals surface area contributed by atoms with Crippen molar-refractivity contribution in [2.75, 3.05) is 28.2 Å². The molecule has 2 unspecified atom stereocenters. The molecular weight excluding hydrogens is 498 g/mol. The zero-order valence-corrected chi connectivity index (χ0v) is 24.8. The third kappa shape index (κ3) is 5.13. The molecule has 1 aliphatic rings. The Morgan fingerprint density at radius 3 is 1.32 bits per heavy atom. The normalized spacial score (nSPS) is 21.9. The van der Waals surface area contributed by atoms with Crippen molar-refractivity contribution in [2.45, 2.75) is 25.8 Å². The van der Waals surface area contributed by atoms with E-state index in [1.54, 1.807) is 0 Å². The van der Waals surface area contributed by atoms with Crippen LogP contribution in [-0.2, 0) is 19.6 Å². The number of fused-ring (bicyclic) bond motifs is 1. The largest absolute Gasteiger partial charge is 0.292 e. The molecule has 3 nitrogen and oxygen atoms in total. The molecule has 0 bridgehead atoms. The molecule has 0 N–H and O–H groups in total. The molecule has 0 saturated heterocycles. The molecule has 2 atom stereocenters. The van der Waals surface area contributed by atoms with Crippen molar-refractivity contribution in [1.29, 1.82) is 0 Å². The molecular formula is C38H42N3+3. The molecule has 0 spiro atoms. The third-order valence-corrected chi connectivity index (χ3v) is 9.08. The van der Waals surface area contributed by atoms with E-state index in [-0.39, 0.29) is 6.17 Å². The first-order chi connectivity index (χ1) is 19.8. The lowest BCUT2D eigenvalue weighted by Crippen LogP contribution is -2.57. The van der Waals surface area contributed by atoms with Crippen LogP contribution in [0.15, 0.2) is 140 Å². The Balaban J connectivity index is 1.45. The summed E-state index contributed by atoms with van der Waals surface area (Å²) in [6.07, 6.45) is 0.201. The van der Waals surface area contributed by atoms with Gasteiger partial charge in [-0.2, -0.15) is 0 Å². The predicted molar refractivity (Wildman–Crippen MR) is 175 cm³/mol. The van der Waals surface area contributed by atoms with Gasteiger partial charge in [0.2, 0.25) is 0 Å². The van der Waals surface area contributed by atoms with E-state index in [0.717, 1.165) is 33.1 Å². The fourth-order valence-electron chi connectivity index (χ4n) is 7.26. The van der Waals surface area contributed by atoms with Gasteiger partial charge in [0, 0.05) is 28.8 Å². The Morgan fingerprint density at radius 2 is 0.878 bits per heavy atom. The van der Waals surface area contributed by atoms with Crippen LogP contribution in [0.25, 0.3) is 0 Å². The monoisotopic (exact) mass is 540 g/mol. The van der Waals surface area contributed by atoms with E-state index < -0.39 is 0 Å². The van der Waals surface area contributed by atoms with E-state index >= 15 is 0 Å². The molecule has 5 aromatic rings. The Labute approximate surface area is 245 Å². The van der Waals surface area contributed by atoms with Crippen LogP contribution in [0.1, 0.15) is 28.4 Å². The number of rotatable bonds is 8. The number of quaternary nitrogens is 3. The molecule has 41 heavy (non-hydrogen) atoms. The van der Waals surface area contributed by atoms with Gasteiger partial charge >= 0.3 is 0 Å². The number of benzene rings is 5. The van der Waals surface area contributed by atoms with Crippen LogP contribution in [0.3, 0.4) is 0 Å². The highest BCUT2D eigenvalue weighted by Gasteiger charge is 2.59. The van der Waals surface area contributed by atoms with Gasteiger partial charge in [0.25, 0.3) is 6.17 Å². The summed E-state index contributed by atoms with van der Waals surface area (Å²) >= 11 is 0. The van der Waals surface area contributed by atoms with E-state index in [0.29, 0.717) is 0 Å². The van der Waals surface area contributed by atoms with Crippen LogP contribution >= 0.6 is 0 Å². The van der Waals surface area contributed by atoms with E-state index in [4.69, 9.17) is 0 Å². The summed E-state index contributed by atoms with van der Waals surface area (Å²) in [5.74, 6) is 0. The summed E-state index contributed by atoms with van der Waals surface area (Å²) in [6, 6.07) is 51.4. The SMILES string of the molecule is C[N+](C)(Cc1ccccc1)c1ccc(C2[N+](C)(Cc3ccccc3)c3ccccc3[N+]2(C)Cc2ccccc2)cc1. The topological polar surface area (TPSA) is 0 Å². The summed E-state index contributed by atoms with van der Waals surface area (Å²) in [5.41, 5.74) is 9.59. The lowest BCUT2D eigenvalue weighted by atomic mass is 10.0. The number of hydrogen-bond acceptors (Lipinski definition) is 0. The lowest BCUT2D eigenvalue weighted by Gasteiger charge is -2.41. The molecule has 0 fully saturated rings. The molecule has 0 saturated carbocycles. The molecule has 1 heterocycles. The van der Waals surface area contributed by atoms with Crippen LogP contribution in [0.5, 0.6) is 0 Å². The van der Waals surface area contributed by atoms with Gasteiger partial charge in [0.15, 0.2) is 11.4 Å². The highest BCUT2D eigenvalue weighted by atomic mass is 15.6. The van der Waals surface area contributed by atoms with Crippen LogP contribution in [0.2, 0.25) is 0 Å². The molecule has 5 aromatic carbocycles. The summed E-state index contributed by atoms with van der Waals surface area (Å²) in [5, 5.41) is 0. The number of para-hydroxylation sites is 2. The summed E-state index contributed by atoms with van der Waals surface area (Å²) in [6.45, 7) is 2.82. The molecule has 3 heteroatoms. The molecule has 0 aliphatic carbocycles. The minimum Gasteiger partial charge on any atom is -0.292 e. The summed E-state index contributed by atoms with van der Waals surface area (Å²) in [4.78, 5) is 0. The van der Waals surface area contributed by atoms with Crippen LogP contribution in [0.4, 0.5) is 17.1 Å². The van der Waals surface area contributed by atoms with Crippen molar-refractivity contribution in [3.8, 4) is 0 Å². The zero-order chi connectivity index (χ0) is 28.5. The highest BCUT2D eigenvalue weighted by molar-refractivity contribution is 5.73. The minimum absolute atomic E-state index is 0.201. The molecule has 0 radical (unpaired) electrons. The van der Waals surface area contributed by atoms with Crippen molar-refractivity contribution in [3.63, 3.8) is 0 Å². The number of nitrogens with zero attached hydrogens (tertiary/aromatic N) is 3. The molecule has 206 valence electrons. The van der Waals surface area contributed by atoms with E-state index in [1.807, 2.05) is 0 Å². The predicted octanol–water partition coefficient (Wildman–Crippen LogP) is 8.44. The van der Waals surface area contributed by atoms with Crippen molar-refractivity contribution in [2.24, 2.45) is 0 Å².